The van der Waals surface area contributed by atoms with Gasteiger partial charge in [0.05, 0.1) is 0 Å². The molecular formula is C17H18. The van der Waals surface area contributed by atoms with Gasteiger partial charge in [-0.25, -0.2) is 0 Å². The Morgan fingerprint density at radius 3 is 2.65 bits per heavy atom. The van der Waals surface area contributed by atoms with Crippen molar-refractivity contribution in [2.24, 2.45) is 0 Å². The average Bonchev–Trinajstić information content (AvgIpc) is 2.40. The van der Waals surface area contributed by atoms with Crippen molar-refractivity contribution in [2.45, 2.75) is 19.8 Å². The summed E-state index contributed by atoms with van der Waals surface area (Å²) in [6.45, 7) is 6.04. The molecule has 0 heterocycles. The van der Waals surface area contributed by atoms with Crippen LogP contribution in [0.25, 0.3) is 17.2 Å². The van der Waals surface area contributed by atoms with Crippen LogP contribution in [0.2, 0.25) is 0 Å². The van der Waals surface area contributed by atoms with Gasteiger partial charge in [-0.2, -0.15) is 0 Å². The van der Waals surface area contributed by atoms with Gasteiger partial charge in [0, 0.05) is 0 Å². The van der Waals surface area contributed by atoms with E-state index in [-0.39, 0.29) is 0 Å². The monoisotopic (exact) mass is 222 g/mol. The van der Waals surface area contributed by atoms with E-state index >= 15 is 0 Å². The van der Waals surface area contributed by atoms with Crippen LogP contribution in [0.4, 0.5) is 0 Å². The maximum Gasteiger partial charge on any atom is -0.0152 e. The van der Waals surface area contributed by atoms with Crippen LogP contribution in [0.15, 0.2) is 55.1 Å². The fourth-order valence-corrected chi connectivity index (χ4v) is 2.12. The molecule has 0 atom stereocenters. The number of aryl methyl sites for hydroxylation is 1. The van der Waals surface area contributed by atoms with Crippen molar-refractivity contribution >= 4 is 6.08 Å². The molecule has 0 fully saturated rings. The van der Waals surface area contributed by atoms with E-state index < -0.39 is 0 Å². The lowest BCUT2D eigenvalue weighted by Crippen LogP contribution is -1.89. The molecule has 0 aliphatic heterocycles. The first-order valence-electron chi connectivity index (χ1n) is 6.16. The Morgan fingerprint density at radius 1 is 1.06 bits per heavy atom. The van der Waals surface area contributed by atoms with Gasteiger partial charge in [0.25, 0.3) is 0 Å². The molecule has 86 valence electrons. The van der Waals surface area contributed by atoms with Crippen LogP contribution in [-0.2, 0) is 6.42 Å². The van der Waals surface area contributed by atoms with Gasteiger partial charge in [-0.15, -0.1) is 0 Å². The van der Waals surface area contributed by atoms with E-state index in [4.69, 9.17) is 0 Å². The molecule has 0 spiro atoms. The summed E-state index contributed by atoms with van der Waals surface area (Å²) in [5.74, 6) is 0. The fourth-order valence-electron chi connectivity index (χ4n) is 2.12. The molecule has 0 saturated heterocycles. The van der Waals surface area contributed by atoms with Gasteiger partial charge < -0.3 is 0 Å². The van der Waals surface area contributed by atoms with E-state index in [9.17, 15) is 0 Å². The standard InChI is InChI=1S/C17H18/c1-3-8-15-10-5-6-12-17(15)16-11-7-9-14(4-2)13-16/h4-7,9-13H,2-3,8H2,1H3. The van der Waals surface area contributed by atoms with Crippen molar-refractivity contribution in [3.8, 4) is 11.1 Å². The molecule has 0 aliphatic carbocycles. The van der Waals surface area contributed by atoms with Gasteiger partial charge in [0.1, 0.15) is 0 Å². The van der Waals surface area contributed by atoms with E-state index in [1.165, 1.54) is 28.7 Å². The predicted molar refractivity (Wildman–Crippen MR) is 76.0 cm³/mol. The Labute approximate surface area is 104 Å². The first kappa shape index (κ1) is 11.7. The van der Waals surface area contributed by atoms with Crippen molar-refractivity contribution < 1.29 is 0 Å². The summed E-state index contributed by atoms with van der Waals surface area (Å²) in [6.07, 6.45) is 4.21. The molecule has 2 aromatic carbocycles. The van der Waals surface area contributed by atoms with Crippen LogP contribution in [0, 0.1) is 0 Å². The van der Waals surface area contributed by atoms with Crippen LogP contribution in [0.5, 0.6) is 0 Å². The van der Waals surface area contributed by atoms with Crippen molar-refractivity contribution in [2.75, 3.05) is 0 Å². The Balaban J connectivity index is 2.47. The molecular weight excluding hydrogens is 204 g/mol. The molecule has 0 nitrogen and oxygen atoms in total. The van der Waals surface area contributed by atoms with E-state index in [2.05, 4.69) is 62.0 Å². The third kappa shape index (κ3) is 2.65. The van der Waals surface area contributed by atoms with Gasteiger partial charge >= 0.3 is 0 Å². The summed E-state index contributed by atoms with van der Waals surface area (Å²) < 4.78 is 0. The van der Waals surface area contributed by atoms with Crippen LogP contribution in [0.3, 0.4) is 0 Å². The maximum atomic E-state index is 3.82. The molecule has 0 heteroatoms. The molecule has 0 bridgehead atoms. The second kappa shape index (κ2) is 5.49. The minimum Gasteiger partial charge on any atom is -0.0985 e. The SMILES string of the molecule is C=Cc1cccc(-c2ccccc2CCC)c1. The summed E-state index contributed by atoms with van der Waals surface area (Å²) in [5, 5.41) is 0. The van der Waals surface area contributed by atoms with E-state index in [0.717, 1.165) is 6.42 Å². The fraction of sp³-hybridized carbons (Fsp3) is 0.176. The Bertz CT molecular complexity index is 509. The third-order valence-corrected chi connectivity index (χ3v) is 2.97. The maximum absolute atomic E-state index is 3.82. The van der Waals surface area contributed by atoms with E-state index in [1.54, 1.807) is 0 Å². The lowest BCUT2D eigenvalue weighted by atomic mass is 9.96. The van der Waals surface area contributed by atoms with Crippen molar-refractivity contribution in [1.29, 1.82) is 0 Å². The van der Waals surface area contributed by atoms with Gasteiger partial charge in [-0.05, 0) is 34.7 Å². The van der Waals surface area contributed by atoms with Crippen LogP contribution in [0.1, 0.15) is 24.5 Å². The minimum absolute atomic E-state index is 1.13. The molecule has 0 saturated carbocycles. The summed E-state index contributed by atoms with van der Waals surface area (Å²) in [7, 11) is 0. The third-order valence-electron chi connectivity index (χ3n) is 2.97. The molecule has 0 N–H and O–H groups in total. The largest absolute Gasteiger partial charge is 0.0985 e. The zero-order valence-electron chi connectivity index (χ0n) is 10.3. The van der Waals surface area contributed by atoms with E-state index in [0.29, 0.717) is 0 Å². The minimum atomic E-state index is 1.13. The smallest absolute Gasteiger partial charge is 0.0152 e. The second-order valence-corrected chi connectivity index (χ2v) is 4.24. The van der Waals surface area contributed by atoms with Gasteiger partial charge in [0.2, 0.25) is 0 Å². The van der Waals surface area contributed by atoms with Gasteiger partial charge in [0.15, 0.2) is 0 Å². The van der Waals surface area contributed by atoms with E-state index in [1.807, 2.05) is 6.08 Å². The zero-order chi connectivity index (χ0) is 12.1. The van der Waals surface area contributed by atoms with Crippen LogP contribution >= 0.6 is 0 Å². The number of rotatable bonds is 4. The highest BCUT2D eigenvalue weighted by Crippen LogP contribution is 2.25. The second-order valence-electron chi connectivity index (χ2n) is 4.24. The highest BCUT2D eigenvalue weighted by Gasteiger charge is 2.03. The zero-order valence-corrected chi connectivity index (χ0v) is 10.3. The highest BCUT2D eigenvalue weighted by molar-refractivity contribution is 5.70. The lowest BCUT2D eigenvalue weighted by molar-refractivity contribution is 0.923. The van der Waals surface area contributed by atoms with Crippen molar-refractivity contribution in [1.82, 2.24) is 0 Å². The molecule has 0 unspecified atom stereocenters. The summed E-state index contributed by atoms with van der Waals surface area (Å²) >= 11 is 0. The van der Waals surface area contributed by atoms with Crippen LogP contribution in [-0.4, -0.2) is 0 Å². The Morgan fingerprint density at radius 2 is 1.88 bits per heavy atom. The molecule has 2 rings (SSSR count). The molecule has 0 aliphatic rings. The van der Waals surface area contributed by atoms with Gasteiger partial charge in [-0.3, -0.25) is 0 Å². The quantitative estimate of drug-likeness (QED) is 0.686. The molecule has 0 radical (unpaired) electrons. The molecule has 0 aromatic heterocycles. The topological polar surface area (TPSA) is 0 Å². The number of benzene rings is 2. The predicted octanol–water partition coefficient (Wildman–Crippen LogP) is 4.95. The molecule has 0 amide bonds. The first-order valence-corrected chi connectivity index (χ1v) is 6.16. The normalized spacial score (nSPS) is 10.2. The molecule has 17 heavy (non-hydrogen) atoms. The Kier molecular flexibility index (Phi) is 3.77. The highest BCUT2D eigenvalue weighted by atomic mass is 14.1. The van der Waals surface area contributed by atoms with Crippen molar-refractivity contribution in [3.63, 3.8) is 0 Å². The summed E-state index contributed by atoms with van der Waals surface area (Å²) in [6, 6.07) is 17.2. The number of hydrogen-bond acceptors (Lipinski definition) is 0. The first-order chi connectivity index (χ1) is 8.35. The summed E-state index contributed by atoms with van der Waals surface area (Å²) in [5.41, 5.74) is 5.23. The summed E-state index contributed by atoms with van der Waals surface area (Å²) in [4.78, 5) is 0. The average molecular weight is 222 g/mol. The van der Waals surface area contributed by atoms with Crippen molar-refractivity contribution in [3.05, 3.63) is 66.2 Å². The van der Waals surface area contributed by atoms with Gasteiger partial charge in [-0.1, -0.05) is 68.5 Å². The molecule has 2 aromatic rings. The number of hydrogen-bond donors (Lipinski definition) is 0. The lowest BCUT2D eigenvalue weighted by Gasteiger charge is -2.09. The Hall–Kier alpha value is -1.82. The van der Waals surface area contributed by atoms with Crippen LogP contribution < -0.4 is 0 Å².